The van der Waals surface area contributed by atoms with E-state index in [0.717, 1.165) is 97.3 Å². The van der Waals surface area contributed by atoms with Gasteiger partial charge in [0.1, 0.15) is 5.60 Å². The molecule has 2 unspecified atom stereocenters. The highest BCUT2D eigenvalue weighted by molar-refractivity contribution is 5.78. The Hall–Kier alpha value is -2.31. The fourth-order valence-electron chi connectivity index (χ4n) is 11.0. The minimum atomic E-state index is -0.457. The van der Waals surface area contributed by atoms with E-state index >= 15 is 0 Å². The van der Waals surface area contributed by atoms with Gasteiger partial charge in [-0.1, -0.05) is 25.7 Å². The summed E-state index contributed by atoms with van der Waals surface area (Å²) in [6, 6.07) is 2.85. The lowest BCUT2D eigenvalue weighted by Crippen LogP contribution is -2.56. The monoisotopic (exact) mass is 713 g/mol. The molecular formula is C39H68N8O4. The molecule has 0 bridgehead atoms. The van der Waals surface area contributed by atoms with E-state index < -0.39 is 5.60 Å². The number of nitrogens with one attached hydrogen (secondary N) is 3. The van der Waals surface area contributed by atoms with Gasteiger partial charge in [-0.3, -0.25) is 9.80 Å². The van der Waals surface area contributed by atoms with Crippen molar-refractivity contribution in [1.82, 2.24) is 40.4 Å². The first-order chi connectivity index (χ1) is 24.3. The summed E-state index contributed by atoms with van der Waals surface area (Å²) in [6.07, 6.45) is 16.1. The lowest BCUT2D eigenvalue weighted by Gasteiger charge is -2.45. The second-order valence-corrected chi connectivity index (χ2v) is 18.6. The summed E-state index contributed by atoms with van der Waals surface area (Å²) in [6.45, 7) is 18.4. The minimum absolute atomic E-state index is 0.00250. The average Bonchev–Trinajstić information content (AvgIpc) is 3.88. The van der Waals surface area contributed by atoms with Crippen LogP contribution in [0.3, 0.4) is 0 Å². The lowest BCUT2D eigenvalue weighted by atomic mass is 9.88. The molecule has 0 radical (unpaired) electrons. The predicted molar refractivity (Wildman–Crippen MR) is 199 cm³/mol. The van der Waals surface area contributed by atoms with Crippen LogP contribution < -0.4 is 16.0 Å². The Morgan fingerprint density at radius 3 is 1.65 bits per heavy atom. The molecule has 6 heterocycles. The second kappa shape index (κ2) is 14.8. The highest BCUT2D eigenvalue weighted by atomic mass is 16.6. The molecule has 6 saturated heterocycles. The van der Waals surface area contributed by atoms with Gasteiger partial charge in [-0.15, -0.1) is 0 Å². The van der Waals surface area contributed by atoms with E-state index in [1.165, 1.54) is 44.9 Å². The fourth-order valence-corrected chi connectivity index (χ4v) is 11.0. The van der Waals surface area contributed by atoms with Gasteiger partial charge in [0.15, 0.2) is 0 Å². The highest BCUT2D eigenvalue weighted by Crippen LogP contribution is 2.37. The summed E-state index contributed by atoms with van der Waals surface area (Å²) in [5.74, 6) is 0. The average molecular weight is 713 g/mol. The van der Waals surface area contributed by atoms with E-state index in [0.29, 0.717) is 41.8 Å². The van der Waals surface area contributed by atoms with E-state index in [9.17, 15) is 14.4 Å². The number of nitrogens with zero attached hydrogens (tertiary/aromatic N) is 5. The van der Waals surface area contributed by atoms with Crippen LogP contribution in [0, 0.1) is 0 Å². The van der Waals surface area contributed by atoms with Gasteiger partial charge in [0.05, 0.1) is 24.2 Å². The third-order valence-corrected chi connectivity index (χ3v) is 14.0. The molecule has 8 rings (SSSR count). The molecule has 0 spiro atoms. The number of carbonyl (C=O) groups excluding carboxylic acids is 3. The number of hydrogen-bond acceptors (Lipinski definition) is 7. The maximum Gasteiger partial charge on any atom is 0.410 e. The molecule has 0 aromatic rings. The number of likely N-dealkylation sites (tertiary alicyclic amines) is 3. The number of amides is 5. The summed E-state index contributed by atoms with van der Waals surface area (Å²) < 4.78 is 5.57. The largest absolute Gasteiger partial charge is 0.444 e. The van der Waals surface area contributed by atoms with E-state index in [2.05, 4.69) is 49.4 Å². The van der Waals surface area contributed by atoms with Gasteiger partial charge < -0.3 is 35.4 Å². The lowest BCUT2D eigenvalue weighted by molar-refractivity contribution is 0.0191. The summed E-state index contributed by atoms with van der Waals surface area (Å²) in [4.78, 5) is 49.0. The van der Waals surface area contributed by atoms with Crippen molar-refractivity contribution < 1.29 is 19.1 Å². The fraction of sp³-hybridized carbons (Fsp3) is 0.923. The predicted octanol–water partition coefficient (Wildman–Crippen LogP) is 4.73. The minimum Gasteiger partial charge on any atom is -0.444 e. The number of hydrogen-bond donors (Lipinski definition) is 3. The van der Waals surface area contributed by atoms with Crippen LogP contribution in [0.5, 0.6) is 0 Å². The van der Waals surface area contributed by atoms with Crippen molar-refractivity contribution in [2.75, 3.05) is 52.4 Å². The molecule has 6 atom stereocenters. The summed E-state index contributed by atoms with van der Waals surface area (Å²) in [5, 5.41) is 9.97. The van der Waals surface area contributed by atoms with Gasteiger partial charge in [0, 0.05) is 69.0 Å². The molecule has 0 aromatic heterocycles. The molecule has 51 heavy (non-hydrogen) atoms. The summed E-state index contributed by atoms with van der Waals surface area (Å²) in [7, 11) is 0. The van der Waals surface area contributed by atoms with Crippen molar-refractivity contribution in [3.05, 3.63) is 0 Å². The molecule has 288 valence electrons. The van der Waals surface area contributed by atoms with Crippen LogP contribution in [-0.2, 0) is 4.74 Å². The van der Waals surface area contributed by atoms with Gasteiger partial charge in [-0.25, -0.2) is 14.4 Å². The van der Waals surface area contributed by atoms with E-state index in [4.69, 9.17) is 4.74 Å². The van der Waals surface area contributed by atoms with Crippen LogP contribution >= 0.6 is 0 Å². The van der Waals surface area contributed by atoms with Gasteiger partial charge in [0.2, 0.25) is 0 Å². The van der Waals surface area contributed by atoms with Crippen molar-refractivity contribution >= 4 is 18.2 Å². The first kappa shape index (κ1) is 37.0. The zero-order valence-electron chi connectivity index (χ0n) is 32.4. The van der Waals surface area contributed by atoms with Crippen molar-refractivity contribution in [3.63, 3.8) is 0 Å². The van der Waals surface area contributed by atoms with Gasteiger partial charge >= 0.3 is 18.2 Å². The summed E-state index contributed by atoms with van der Waals surface area (Å²) >= 11 is 0. The third kappa shape index (κ3) is 7.84. The van der Waals surface area contributed by atoms with Crippen LogP contribution in [0.25, 0.3) is 0 Å². The number of carbonyl (C=O) groups is 3. The molecule has 12 heteroatoms. The molecule has 0 aromatic carbocycles. The smallest absolute Gasteiger partial charge is 0.410 e. The Morgan fingerprint density at radius 2 is 1.18 bits per heavy atom. The van der Waals surface area contributed by atoms with Crippen molar-refractivity contribution in [2.24, 2.45) is 0 Å². The van der Waals surface area contributed by atoms with Gasteiger partial charge in [-0.2, -0.15) is 0 Å². The maximum absolute atomic E-state index is 12.6. The van der Waals surface area contributed by atoms with Crippen LogP contribution in [0.1, 0.15) is 125 Å². The Labute approximate surface area is 307 Å². The van der Waals surface area contributed by atoms with Crippen LogP contribution in [0.15, 0.2) is 0 Å². The Bertz CT molecular complexity index is 1250. The molecule has 12 nitrogen and oxygen atoms in total. The van der Waals surface area contributed by atoms with Crippen molar-refractivity contribution in [1.29, 1.82) is 0 Å². The van der Waals surface area contributed by atoms with E-state index in [1.54, 1.807) is 0 Å². The Morgan fingerprint density at radius 1 is 0.686 bits per heavy atom. The second-order valence-electron chi connectivity index (χ2n) is 18.6. The Balaban J connectivity index is 0.000000165. The summed E-state index contributed by atoms with van der Waals surface area (Å²) in [5.41, 5.74) is -0.115. The topological polar surface area (TPSA) is 113 Å². The first-order valence-corrected chi connectivity index (χ1v) is 20.7. The van der Waals surface area contributed by atoms with Crippen LogP contribution in [0.2, 0.25) is 0 Å². The Kier molecular flexibility index (Phi) is 10.8. The molecule has 3 N–H and O–H groups in total. The molecule has 2 saturated carbocycles. The number of urea groups is 2. The number of ether oxygens (including phenoxy) is 1. The van der Waals surface area contributed by atoms with E-state index in [-0.39, 0.29) is 23.7 Å². The number of piperidine rings is 2. The zero-order chi connectivity index (χ0) is 36.0. The maximum atomic E-state index is 12.6. The first-order valence-electron chi connectivity index (χ1n) is 20.7. The number of rotatable bonds is 4. The van der Waals surface area contributed by atoms with Crippen molar-refractivity contribution in [3.8, 4) is 0 Å². The van der Waals surface area contributed by atoms with Crippen LogP contribution in [0.4, 0.5) is 14.4 Å². The van der Waals surface area contributed by atoms with E-state index in [1.807, 2.05) is 25.7 Å². The van der Waals surface area contributed by atoms with Gasteiger partial charge in [-0.05, 0) is 105 Å². The SMILES string of the molecule is CC(C)(C)OC(=O)N1CCC(C)(N2CCC(N3C(=O)N[C@H]4CCCC[C@@H]43)CC2)C1.CC1(N2CCC(N3C(=O)N[C@H]4CCCC[C@@H]43)CC2)CCNC1. The van der Waals surface area contributed by atoms with Crippen molar-refractivity contribution in [2.45, 2.75) is 177 Å². The molecule has 8 aliphatic rings. The standard InChI is InChI=1S/C22H38N4O3.C17H30N4O/c1-21(2,3)29-20(28)24-14-11-22(4,15-24)25-12-9-16(10-13-25)26-18-8-6-5-7-17(18)23-19(26)27;1-17(8-9-18-12-17)20-10-6-13(7-11-20)21-15-5-3-2-4-14(15)19-16(21)22/h16-18H,5-15H2,1-4H3,(H,23,27);13-15,18H,2-12H2,1H3,(H,19,22)/t17-,18-,22?;14-,15-,17?/m00/s1. The molecule has 5 amide bonds. The molecule has 6 aliphatic heterocycles. The zero-order valence-corrected chi connectivity index (χ0v) is 32.4. The normalized spacial score (nSPS) is 37.1. The molecule has 8 fully saturated rings. The highest BCUT2D eigenvalue weighted by Gasteiger charge is 2.48. The van der Waals surface area contributed by atoms with Gasteiger partial charge in [0.25, 0.3) is 0 Å². The third-order valence-electron chi connectivity index (χ3n) is 14.0. The number of fused-ring (bicyclic) bond motifs is 2. The molecular weight excluding hydrogens is 644 g/mol. The van der Waals surface area contributed by atoms with Crippen LogP contribution in [-0.4, -0.2) is 148 Å². The molecule has 2 aliphatic carbocycles. The quantitative estimate of drug-likeness (QED) is 0.387.